The topological polar surface area (TPSA) is 44.4 Å². The highest BCUT2D eigenvalue weighted by Gasteiger charge is 2.20. The fourth-order valence-corrected chi connectivity index (χ4v) is 2.80. The maximum Gasteiger partial charge on any atom is 0.315 e. The first-order valence-electron chi connectivity index (χ1n) is 8.04. The van der Waals surface area contributed by atoms with Crippen LogP contribution in [0, 0.1) is 11.7 Å². The number of piperidine rings is 1. The number of carbonyl (C=O) groups is 1. The number of carbonyl (C=O) groups excluding carboxylic acids is 1. The van der Waals surface area contributed by atoms with Crippen LogP contribution in [0.25, 0.3) is 0 Å². The molecule has 0 aliphatic carbocycles. The van der Waals surface area contributed by atoms with Gasteiger partial charge in [0.05, 0.1) is 0 Å². The Morgan fingerprint density at radius 3 is 2.50 bits per heavy atom. The van der Waals surface area contributed by atoms with Crippen LogP contribution < -0.4 is 10.6 Å². The summed E-state index contributed by atoms with van der Waals surface area (Å²) >= 11 is 0. The number of halogens is 1. The van der Waals surface area contributed by atoms with Crippen LogP contribution in [-0.2, 0) is 6.54 Å². The number of nitrogens with one attached hydrogen (secondary N) is 2. The van der Waals surface area contributed by atoms with E-state index in [-0.39, 0.29) is 17.9 Å². The molecule has 0 radical (unpaired) electrons. The zero-order chi connectivity index (χ0) is 15.9. The minimum Gasteiger partial charge on any atom is -0.335 e. The first-order valence-corrected chi connectivity index (χ1v) is 8.04. The quantitative estimate of drug-likeness (QED) is 0.878. The highest BCUT2D eigenvalue weighted by Crippen LogP contribution is 2.12. The minimum atomic E-state index is -0.263. The van der Waals surface area contributed by atoms with E-state index in [1.165, 1.54) is 12.1 Å². The van der Waals surface area contributed by atoms with Gasteiger partial charge in [0.2, 0.25) is 0 Å². The van der Waals surface area contributed by atoms with Gasteiger partial charge in [-0.3, -0.25) is 0 Å². The number of hydrogen-bond acceptors (Lipinski definition) is 2. The third-order valence-corrected chi connectivity index (χ3v) is 3.91. The SMILES string of the molecule is CC(C)CN1CCC(NC(=O)NCc2ccc(F)cc2)CC1. The van der Waals surface area contributed by atoms with Crippen molar-refractivity contribution in [2.45, 2.75) is 39.3 Å². The smallest absolute Gasteiger partial charge is 0.315 e. The molecule has 122 valence electrons. The van der Waals surface area contributed by atoms with Crippen molar-refractivity contribution in [1.29, 1.82) is 0 Å². The molecule has 1 aliphatic heterocycles. The minimum absolute atomic E-state index is 0.147. The third-order valence-electron chi connectivity index (χ3n) is 3.91. The number of rotatable bonds is 5. The van der Waals surface area contributed by atoms with Crippen LogP contribution in [0.2, 0.25) is 0 Å². The van der Waals surface area contributed by atoms with E-state index in [0.717, 1.165) is 38.0 Å². The molecule has 4 nitrogen and oxygen atoms in total. The number of urea groups is 1. The van der Waals surface area contributed by atoms with Crippen molar-refractivity contribution < 1.29 is 9.18 Å². The van der Waals surface area contributed by atoms with Gasteiger partial charge in [0.1, 0.15) is 5.82 Å². The molecule has 2 rings (SSSR count). The molecule has 1 aromatic rings. The lowest BCUT2D eigenvalue weighted by Gasteiger charge is -2.33. The van der Waals surface area contributed by atoms with Gasteiger partial charge in [-0.15, -0.1) is 0 Å². The molecule has 1 saturated heterocycles. The van der Waals surface area contributed by atoms with Crippen molar-refractivity contribution in [3.8, 4) is 0 Å². The second kappa shape index (κ2) is 8.13. The second-order valence-corrected chi connectivity index (χ2v) is 6.42. The van der Waals surface area contributed by atoms with Gasteiger partial charge in [-0.05, 0) is 36.5 Å². The second-order valence-electron chi connectivity index (χ2n) is 6.42. The molecule has 0 unspecified atom stereocenters. The standard InChI is InChI=1S/C17H26FN3O/c1-13(2)12-21-9-7-16(8-10-21)20-17(22)19-11-14-3-5-15(18)6-4-14/h3-6,13,16H,7-12H2,1-2H3,(H2,19,20,22). The predicted octanol–water partition coefficient (Wildman–Crippen LogP) is 2.75. The summed E-state index contributed by atoms with van der Waals surface area (Å²) < 4.78 is 12.8. The lowest BCUT2D eigenvalue weighted by atomic mass is 10.0. The lowest BCUT2D eigenvalue weighted by molar-refractivity contribution is 0.178. The Balaban J connectivity index is 1.66. The maximum absolute atomic E-state index is 12.8. The molecule has 0 aromatic heterocycles. The molecule has 22 heavy (non-hydrogen) atoms. The van der Waals surface area contributed by atoms with Gasteiger partial charge < -0.3 is 15.5 Å². The lowest BCUT2D eigenvalue weighted by Crippen LogP contribution is -2.48. The molecule has 1 aromatic carbocycles. The molecule has 0 spiro atoms. The summed E-state index contributed by atoms with van der Waals surface area (Å²) in [7, 11) is 0. The molecule has 0 atom stereocenters. The molecule has 0 bridgehead atoms. The molecule has 1 heterocycles. The monoisotopic (exact) mass is 307 g/mol. The maximum atomic E-state index is 12.8. The van der Waals surface area contributed by atoms with E-state index in [2.05, 4.69) is 29.4 Å². The van der Waals surface area contributed by atoms with E-state index in [1.54, 1.807) is 12.1 Å². The summed E-state index contributed by atoms with van der Waals surface area (Å²) in [6, 6.07) is 6.27. The van der Waals surface area contributed by atoms with Crippen molar-refractivity contribution in [2.24, 2.45) is 5.92 Å². The fraction of sp³-hybridized carbons (Fsp3) is 0.588. The normalized spacial score (nSPS) is 16.7. The summed E-state index contributed by atoms with van der Waals surface area (Å²) in [5.74, 6) is 0.421. The summed E-state index contributed by atoms with van der Waals surface area (Å²) in [6.07, 6.45) is 1.99. The van der Waals surface area contributed by atoms with Crippen molar-refractivity contribution in [3.63, 3.8) is 0 Å². The summed E-state index contributed by atoms with van der Waals surface area (Å²) in [5, 5.41) is 5.85. The molecule has 5 heteroatoms. The zero-order valence-corrected chi connectivity index (χ0v) is 13.4. The molecular weight excluding hydrogens is 281 g/mol. The van der Waals surface area contributed by atoms with Crippen LogP contribution in [0.5, 0.6) is 0 Å². The van der Waals surface area contributed by atoms with Crippen LogP contribution in [0.3, 0.4) is 0 Å². The van der Waals surface area contributed by atoms with E-state index < -0.39 is 0 Å². The average Bonchev–Trinajstić information content (AvgIpc) is 2.48. The third kappa shape index (κ3) is 5.64. The van der Waals surface area contributed by atoms with Gasteiger partial charge in [-0.1, -0.05) is 26.0 Å². The van der Waals surface area contributed by atoms with Crippen LogP contribution in [0.1, 0.15) is 32.3 Å². The zero-order valence-electron chi connectivity index (χ0n) is 13.4. The van der Waals surface area contributed by atoms with Crippen LogP contribution in [0.15, 0.2) is 24.3 Å². The van der Waals surface area contributed by atoms with Gasteiger partial charge in [0, 0.05) is 32.2 Å². The van der Waals surface area contributed by atoms with E-state index in [0.29, 0.717) is 12.5 Å². The van der Waals surface area contributed by atoms with Crippen molar-refractivity contribution >= 4 is 6.03 Å². The van der Waals surface area contributed by atoms with E-state index in [4.69, 9.17) is 0 Å². The Kier molecular flexibility index (Phi) is 6.19. The van der Waals surface area contributed by atoms with E-state index >= 15 is 0 Å². The highest BCUT2D eigenvalue weighted by molar-refractivity contribution is 5.74. The highest BCUT2D eigenvalue weighted by atomic mass is 19.1. The molecule has 2 N–H and O–H groups in total. The Bertz CT molecular complexity index is 467. The molecule has 1 aliphatic rings. The first-order chi connectivity index (χ1) is 10.5. The van der Waals surface area contributed by atoms with Crippen LogP contribution in [0.4, 0.5) is 9.18 Å². The predicted molar refractivity (Wildman–Crippen MR) is 86.1 cm³/mol. The Morgan fingerprint density at radius 2 is 1.91 bits per heavy atom. The van der Waals surface area contributed by atoms with E-state index in [9.17, 15) is 9.18 Å². The Labute approximate surface area is 132 Å². The average molecular weight is 307 g/mol. The van der Waals surface area contributed by atoms with Crippen molar-refractivity contribution in [2.75, 3.05) is 19.6 Å². The number of nitrogens with zero attached hydrogens (tertiary/aromatic N) is 1. The summed E-state index contributed by atoms with van der Waals surface area (Å²) in [6.45, 7) is 8.09. The van der Waals surface area contributed by atoms with Gasteiger partial charge in [0.15, 0.2) is 0 Å². The number of amides is 2. The Morgan fingerprint density at radius 1 is 1.27 bits per heavy atom. The fourth-order valence-electron chi connectivity index (χ4n) is 2.80. The van der Waals surface area contributed by atoms with Gasteiger partial charge in [0.25, 0.3) is 0 Å². The van der Waals surface area contributed by atoms with Crippen molar-refractivity contribution in [3.05, 3.63) is 35.6 Å². The van der Waals surface area contributed by atoms with E-state index in [1.807, 2.05) is 0 Å². The Hall–Kier alpha value is -1.62. The van der Waals surface area contributed by atoms with Crippen LogP contribution in [-0.4, -0.2) is 36.6 Å². The van der Waals surface area contributed by atoms with Gasteiger partial charge >= 0.3 is 6.03 Å². The first kappa shape index (κ1) is 16.7. The molecule has 1 fully saturated rings. The van der Waals surface area contributed by atoms with Gasteiger partial charge in [-0.2, -0.15) is 0 Å². The largest absolute Gasteiger partial charge is 0.335 e. The molecule has 2 amide bonds. The summed E-state index contributed by atoms with van der Waals surface area (Å²) in [5.41, 5.74) is 0.892. The molecule has 0 saturated carbocycles. The van der Waals surface area contributed by atoms with Crippen LogP contribution >= 0.6 is 0 Å². The van der Waals surface area contributed by atoms with Gasteiger partial charge in [-0.25, -0.2) is 9.18 Å². The van der Waals surface area contributed by atoms with Crippen molar-refractivity contribution in [1.82, 2.24) is 15.5 Å². The summed E-state index contributed by atoms with van der Waals surface area (Å²) in [4.78, 5) is 14.4. The number of likely N-dealkylation sites (tertiary alicyclic amines) is 1. The number of benzene rings is 1. The molecular formula is C17H26FN3O. The number of hydrogen-bond donors (Lipinski definition) is 2.